The SMILES string of the molecule is c1ccc(-c2ccc3cc(-c4c5ccccc5c(-c5cc6oc7ccccc7c6c6ccccc56)c5ccccc45)ccc3c2)cc1. The molecule has 10 aromatic rings. The van der Waals surface area contributed by atoms with Crippen molar-refractivity contribution in [2.75, 3.05) is 0 Å². The van der Waals surface area contributed by atoms with Gasteiger partial charge in [0.05, 0.1) is 0 Å². The fraction of sp³-hybridized carbons (Fsp3) is 0. The standard InChI is InChI=1S/C46H28O/c1-2-12-29(13-3-1)30-22-23-32-27-33(25-24-31(32)26-30)44-36-16-6-8-18-38(36)45(39-19-9-7-17-37(39)44)41-28-43-46(35-15-5-4-14-34(35)41)40-20-10-11-21-42(40)47-43/h1-28H. The predicted octanol–water partition coefficient (Wildman–Crippen LogP) is 13.2. The Bertz CT molecular complexity index is 2780. The first-order valence-electron chi connectivity index (χ1n) is 16.2. The molecule has 0 unspecified atom stereocenters. The number of fused-ring (bicyclic) bond motifs is 8. The van der Waals surface area contributed by atoms with Gasteiger partial charge >= 0.3 is 0 Å². The van der Waals surface area contributed by atoms with Crippen molar-refractivity contribution in [1.29, 1.82) is 0 Å². The van der Waals surface area contributed by atoms with Crippen molar-refractivity contribution < 1.29 is 4.42 Å². The molecule has 0 atom stereocenters. The fourth-order valence-corrected chi connectivity index (χ4v) is 7.74. The first-order valence-corrected chi connectivity index (χ1v) is 16.2. The van der Waals surface area contributed by atoms with Gasteiger partial charge in [-0.25, -0.2) is 0 Å². The Labute approximate surface area is 271 Å². The van der Waals surface area contributed by atoms with Gasteiger partial charge in [-0.2, -0.15) is 0 Å². The lowest BCUT2D eigenvalue weighted by atomic mass is 9.84. The fourth-order valence-electron chi connectivity index (χ4n) is 7.74. The van der Waals surface area contributed by atoms with Gasteiger partial charge in [-0.3, -0.25) is 0 Å². The Morgan fingerprint density at radius 2 is 0.809 bits per heavy atom. The monoisotopic (exact) mass is 596 g/mol. The van der Waals surface area contributed by atoms with Crippen molar-refractivity contribution in [3.05, 3.63) is 170 Å². The summed E-state index contributed by atoms with van der Waals surface area (Å²) in [7, 11) is 0. The zero-order valence-corrected chi connectivity index (χ0v) is 25.6. The van der Waals surface area contributed by atoms with Crippen LogP contribution in [0.3, 0.4) is 0 Å². The summed E-state index contributed by atoms with van der Waals surface area (Å²) in [4.78, 5) is 0. The van der Waals surface area contributed by atoms with Crippen LogP contribution in [0.15, 0.2) is 174 Å². The van der Waals surface area contributed by atoms with E-state index in [1.54, 1.807) is 0 Å². The highest BCUT2D eigenvalue weighted by Gasteiger charge is 2.20. The summed E-state index contributed by atoms with van der Waals surface area (Å²) in [6.45, 7) is 0. The highest BCUT2D eigenvalue weighted by Crippen LogP contribution is 2.48. The molecular weight excluding hydrogens is 569 g/mol. The molecule has 0 aliphatic carbocycles. The van der Waals surface area contributed by atoms with Crippen LogP contribution in [-0.4, -0.2) is 0 Å². The summed E-state index contributed by atoms with van der Waals surface area (Å²) >= 11 is 0. The predicted molar refractivity (Wildman–Crippen MR) is 200 cm³/mol. The molecule has 0 aliphatic rings. The highest BCUT2D eigenvalue weighted by molar-refractivity contribution is 6.28. The molecule has 0 fully saturated rings. The average Bonchev–Trinajstić information content (AvgIpc) is 3.52. The molecule has 0 saturated carbocycles. The number of para-hydroxylation sites is 1. The molecule has 0 bridgehead atoms. The van der Waals surface area contributed by atoms with Gasteiger partial charge in [-0.1, -0.05) is 146 Å². The van der Waals surface area contributed by atoms with E-state index in [2.05, 4.69) is 164 Å². The van der Waals surface area contributed by atoms with E-state index in [-0.39, 0.29) is 0 Å². The molecule has 10 rings (SSSR count). The zero-order valence-electron chi connectivity index (χ0n) is 25.6. The lowest BCUT2D eigenvalue weighted by Gasteiger charge is -2.19. The molecule has 218 valence electrons. The van der Waals surface area contributed by atoms with E-state index in [1.807, 2.05) is 6.07 Å². The molecule has 1 aromatic heterocycles. The number of rotatable bonds is 3. The summed E-state index contributed by atoms with van der Waals surface area (Å²) in [6.07, 6.45) is 0. The number of hydrogen-bond donors (Lipinski definition) is 0. The van der Waals surface area contributed by atoms with Crippen molar-refractivity contribution in [3.63, 3.8) is 0 Å². The molecule has 1 nitrogen and oxygen atoms in total. The Kier molecular flexibility index (Phi) is 5.64. The van der Waals surface area contributed by atoms with Crippen LogP contribution in [0.4, 0.5) is 0 Å². The third-order valence-corrected chi connectivity index (χ3v) is 9.82. The van der Waals surface area contributed by atoms with Crippen molar-refractivity contribution in [2.45, 2.75) is 0 Å². The van der Waals surface area contributed by atoms with Crippen LogP contribution >= 0.6 is 0 Å². The van der Waals surface area contributed by atoms with Crippen LogP contribution in [0.1, 0.15) is 0 Å². The van der Waals surface area contributed by atoms with Crippen molar-refractivity contribution in [1.82, 2.24) is 0 Å². The smallest absolute Gasteiger partial charge is 0.136 e. The second-order valence-electron chi connectivity index (χ2n) is 12.4. The Morgan fingerprint density at radius 3 is 1.49 bits per heavy atom. The van der Waals surface area contributed by atoms with Crippen LogP contribution < -0.4 is 0 Å². The minimum Gasteiger partial charge on any atom is -0.456 e. The maximum atomic E-state index is 6.52. The van der Waals surface area contributed by atoms with E-state index in [4.69, 9.17) is 4.42 Å². The molecule has 0 aliphatic heterocycles. The van der Waals surface area contributed by atoms with Gasteiger partial charge in [0.2, 0.25) is 0 Å². The maximum Gasteiger partial charge on any atom is 0.136 e. The molecule has 0 N–H and O–H groups in total. The molecule has 9 aromatic carbocycles. The first-order chi connectivity index (χ1) is 23.3. The Hall–Kier alpha value is -6.18. The molecule has 0 spiro atoms. The van der Waals surface area contributed by atoms with Crippen LogP contribution in [0.25, 0.3) is 98.4 Å². The van der Waals surface area contributed by atoms with Gasteiger partial charge in [-0.15, -0.1) is 0 Å². The third kappa shape index (κ3) is 3.97. The number of benzene rings is 9. The molecule has 0 radical (unpaired) electrons. The van der Waals surface area contributed by atoms with Crippen molar-refractivity contribution in [2.24, 2.45) is 0 Å². The summed E-state index contributed by atoms with van der Waals surface area (Å²) in [5.41, 5.74) is 9.23. The van der Waals surface area contributed by atoms with Crippen LogP contribution in [0.5, 0.6) is 0 Å². The maximum absolute atomic E-state index is 6.52. The van der Waals surface area contributed by atoms with Crippen LogP contribution in [-0.2, 0) is 0 Å². The van der Waals surface area contributed by atoms with Crippen molar-refractivity contribution in [3.8, 4) is 33.4 Å². The minimum atomic E-state index is 0.918. The van der Waals surface area contributed by atoms with E-state index in [1.165, 1.54) is 81.9 Å². The van der Waals surface area contributed by atoms with Gasteiger partial charge in [-0.05, 0) is 101 Å². The molecule has 1 heteroatoms. The van der Waals surface area contributed by atoms with E-state index in [9.17, 15) is 0 Å². The molecule has 0 saturated heterocycles. The Balaban J connectivity index is 1.26. The Morgan fingerprint density at radius 1 is 0.298 bits per heavy atom. The lowest BCUT2D eigenvalue weighted by molar-refractivity contribution is 0.669. The summed E-state index contributed by atoms with van der Waals surface area (Å²) in [5.74, 6) is 0. The molecular formula is C46H28O. The number of furan rings is 1. The van der Waals surface area contributed by atoms with Gasteiger partial charge in [0.25, 0.3) is 0 Å². The third-order valence-electron chi connectivity index (χ3n) is 9.82. The van der Waals surface area contributed by atoms with Crippen LogP contribution in [0, 0.1) is 0 Å². The van der Waals surface area contributed by atoms with Gasteiger partial charge in [0, 0.05) is 10.8 Å². The van der Waals surface area contributed by atoms with E-state index in [0.717, 1.165) is 16.6 Å². The van der Waals surface area contributed by atoms with Gasteiger partial charge in [0.15, 0.2) is 0 Å². The van der Waals surface area contributed by atoms with E-state index >= 15 is 0 Å². The topological polar surface area (TPSA) is 13.1 Å². The van der Waals surface area contributed by atoms with E-state index in [0.29, 0.717) is 0 Å². The first kappa shape index (κ1) is 26.1. The second-order valence-corrected chi connectivity index (χ2v) is 12.4. The zero-order chi connectivity index (χ0) is 30.9. The molecule has 0 amide bonds. The van der Waals surface area contributed by atoms with Gasteiger partial charge in [0.1, 0.15) is 11.2 Å². The lowest BCUT2D eigenvalue weighted by Crippen LogP contribution is -1.92. The summed E-state index contributed by atoms with van der Waals surface area (Å²) in [6, 6.07) is 61.5. The normalized spacial score (nSPS) is 11.8. The average molecular weight is 597 g/mol. The highest BCUT2D eigenvalue weighted by atomic mass is 16.3. The second kappa shape index (κ2) is 10.2. The molecule has 47 heavy (non-hydrogen) atoms. The summed E-state index contributed by atoms with van der Waals surface area (Å²) < 4.78 is 6.52. The molecule has 1 heterocycles. The van der Waals surface area contributed by atoms with Crippen molar-refractivity contribution >= 4 is 65.0 Å². The minimum absolute atomic E-state index is 0.918. The van der Waals surface area contributed by atoms with Gasteiger partial charge < -0.3 is 4.42 Å². The number of hydrogen-bond acceptors (Lipinski definition) is 1. The van der Waals surface area contributed by atoms with Crippen LogP contribution in [0.2, 0.25) is 0 Å². The summed E-state index contributed by atoms with van der Waals surface area (Å²) in [5, 5.41) is 12.2. The quantitative estimate of drug-likeness (QED) is 0.185. The van der Waals surface area contributed by atoms with E-state index < -0.39 is 0 Å². The largest absolute Gasteiger partial charge is 0.456 e.